The van der Waals surface area contributed by atoms with Crippen LogP contribution in [0, 0.1) is 11.6 Å². The number of benzene rings is 1. The van der Waals surface area contributed by atoms with Crippen LogP contribution in [-0.2, 0) is 9.53 Å². The lowest BCUT2D eigenvalue weighted by molar-refractivity contribution is -0.153. The molecular weight excluding hydrogens is 258 g/mol. The highest BCUT2D eigenvalue weighted by atomic mass is 35.5. The Hall–Kier alpha value is -1.40. The second-order valence-electron chi connectivity index (χ2n) is 3.07. The van der Waals surface area contributed by atoms with Crippen molar-refractivity contribution in [2.75, 3.05) is 6.61 Å². The minimum atomic E-state index is -2.14. The zero-order valence-corrected chi connectivity index (χ0v) is 9.46. The first-order valence-electron chi connectivity index (χ1n) is 4.61. The molecular formula is C10H9ClF2O4. The Balaban J connectivity index is 3.25. The fraction of sp³-hybridized carbons (Fsp3) is 0.300. The van der Waals surface area contributed by atoms with Crippen LogP contribution in [-0.4, -0.2) is 22.8 Å². The molecule has 0 amide bonds. The maximum absolute atomic E-state index is 13.5. The van der Waals surface area contributed by atoms with E-state index in [1.165, 1.54) is 6.92 Å². The molecule has 1 atom stereocenters. The topological polar surface area (TPSA) is 66.8 Å². The molecule has 4 nitrogen and oxygen atoms in total. The van der Waals surface area contributed by atoms with E-state index in [1.54, 1.807) is 0 Å². The average molecular weight is 267 g/mol. The molecule has 0 saturated carbocycles. The number of halogens is 3. The Morgan fingerprint density at radius 3 is 2.71 bits per heavy atom. The van der Waals surface area contributed by atoms with E-state index in [1.807, 2.05) is 0 Å². The molecule has 0 aliphatic carbocycles. The van der Waals surface area contributed by atoms with E-state index in [2.05, 4.69) is 4.74 Å². The van der Waals surface area contributed by atoms with Crippen LogP contribution in [0.25, 0.3) is 0 Å². The van der Waals surface area contributed by atoms with Crippen LogP contribution in [0.2, 0.25) is 5.02 Å². The summed E-state index contributed by atoms with van der Waals surface area (Å²) < 4.78 is 30.9. The molecule has 0 saturated heterocycles. The summed E-state index contributed by atoms with van der Waals surface area (Å²) in [7, 11) is 0. The summed E-state index contributed by atoms with van der Waals surface area (Å²) in [6.45, 7) is 1.42. The standard InChI is InChI=1S/C10H9ClF2O4/c1-2-17-10(16)9(15)6-7(13)4(11)3-5(12)8(6)14/h3,9,14-15H,2H2,1H3. The number of aliphatic hydroxyl groups is 1. The Kier molecular flexibility index (Phi) is 4.25. The molecule has 0 spiro atoms. The molecule has 1 rings (SSSR count). The molecule has 0 aliphatic rings. The number of carbonyl (C=O) groups excluding carboxylic acids is 1. The van der Waals surface area contributed by atoms with Crippen molar-refractivity contribution in [2.45, 2.75) is 13.0 Å². The van der Waals surface area contributed by atoms with E-state index in [-0.39, 0.29) is 6.61 Å². The number of carbonyl (C=O) groups is 1. The van der Waals surface area contributed by atoms with Gasteiger partial charge in [0.05, 0.1) is 17.2 Å². The Morgan fingerprint density at radius 2 is 2.18 bits per heavy atom. The van der Waals surface area contributed by atoms with Crippen molar-refractivity contribution in [1.29, 1.82) is 0 Å². The van der Waals surface area contributed by atoms with Crippen LogP contribution in [0.15, 0.2) is 6.07 Å². The van der Waals surface area contributed by atoms with Gasteiger partial charge < -0.3 is 14.9 Å². The highest BCUT2D eigenvalue weighted by Crippen LogP contribution is 2.34. The summed E-state index contributed by atoms with van der Waals surface area (Å²) in [5, 5.41) is 18.0. The van der Waals surface area contributed by atoms with Crippen LogP contribution in [0.4, 0.5) is 8.78 Å². The van der Waals surface area contributed by atoms with Gasteiger partial charge in [-0.25, -0.2) is 13.6 Å². The van der Waals surface area contributed by atoms with E-state index in [9.17, 15) is 23.8 Å². The summed E-state index contributed by atoms with van der Waals surface area (Å²) >= 11 is 5.33. The van der Waals surface area contributed by atoms with Gasteiger partial charge in [0.25, 0.3) is 0 Å². The number of aliphatic hydroxyl groups excluding tert-OH is 1. The van der Waals surface area contributed by atoms with Crippen molar-refractivity contribution in [3.05, 3.63) is 28.3 Å². The highest BCUT2D eigenvalue weighted by Gasteiger charge is 2.29. The van der Waals surface area contributed by atoms with Gasteiger partial charge in [-0.1, -0.05) is 11.6 Å². The predicted octanol–water partition coefficient (Wildman–Crippen LogP) is 1.92. The van der Waals surface area contributed by atoms with E-state index in [4.69, 9.17) is 11.6 Å². The molecule has 94 valence electrons. The minimum Gasteiger partial charge on any atom is -0.504 e. The van der Waals surface area contributed by atoms with Crippen molar-refractivity contribution in [2.24, 2.45) is 0 Å². The number of ether oxygens (including phenoxy) is 1. The molecule has 0 radical (unpaired) electrons. The zero-order valence-electron chi connectivity index (χ0n) is 8.71. The summed E-state index contributed by atoms with van der Waals surface area (Å²) in [6, 6.07) is 0.535. The van der Waals surface area contributed by atoms with Crippen molar-refractivity contribution in [3.63, 3.8) is 0 Å². The fourth-order valence-corrected chi connectivity index (χ4v) is 1.39. The van der Waals surface area contributed by atoms with Gasteiger partial charge >= 0.3 is 5.97 Å². The third kappa shape index (κ3) is 2.65. The maximum Gasteiger partial charge on any atom is 0.339 e. The molecule has 0 bridgehead atoms. The van der Waals surface area contributed by atoms with Gasteiger partial charge in [0.1, 0.15) is 0 Å². The number of aromatic hydroxyl groups is 1. The Morgan fingerprint density at radius 1 is 1.59 bits per heavy atom. The number of hydrogen-bond donors (Lipinski definition) is 2. The van der Waals surface area contributed by atoms with E-state index in [0.717, 1.165) is 0 Å². The Labute approximate surface area is 100 Å². The van der Waals surface area contributed by atoms with Gasteiger partial charge in [-0.15, -0.1) is 0 Å². The first-order valence-corrected chi connectivity index (χ1v) is 4.99. The monoisotopic (exact) mass is 266 g/mol. The molecule has 17 heavy (non-hydrogen) atoms. The molecule has 7 heteroatoms. The van der Waals surface area contributed by atoms with Crippen LogP contribution in [0.5, 0.6) is 5.75 Å². The largest absolute Gasteiger partial charge is 0.504 e. The first-order chi connectivity index (χ1) is 7.90. The number of phenols is 1. The van der Waals surface area contributed by atoms with Crippen LogP contribution >= 0.6 is 11.6 Å². The second kappa shape index (κ2) is 5.29. The van der Waals surface area contributed by atoms with Gasteiger partial charge in [0, 0.05) is 0 Å². The third-order valence-electron chi connectivity index (χ3n) is 1.96. The van der Waals surface area contributed by atoms with Crippen molar-refractivity contribution >= 4 is 17.6 Å². The van der Waals surface area contributed by atoms with Crippen LogP contribution in [0.1, 0.15) is 18.6 Å². The lowest BCUT2D eigenvalue weighted by Gasteiger charge is -2.13. The lowest BCUT2D eigenvalue weighted by atomic mass is 10.1. The number of hydrogen-bond acceptors (Lipinski definition) is 4. The Bertz CT molecular complexity index is 424. The molecule has 0 heterocycles. The number of rotatable bonds is 3. The SMILES string of the molecule is CCOC(=O)C(O)c1c(O)c(F)cc(Cl)c1F. The van der Waals surface area contributed by atoms with Gasteiger partial charge in [-0.05, 0) is 13.0 Å². The van der Waals surface area contributed by atoms with Crippen LogP contribution < -0.4 is 0 Å². The summed E-state index contributed by atoms with van der Waals surface area (Å²) in [4.78, 5) is 11.2. The quantitative estimate of drug-likeness (QED) is 0.648. The van der Waals surface area contributed by atoms with E-state index < -0.39 is 40.0 Å². The van der Waals surface area contributed by atoms with Gasteiger partial charge in [-0.3, -0.25) is 0 Å². The first kappa shape index (κ1) is 13.7. The van der Waals surface area contributed by atoms with E-state index >= 15 is 0 Å². The molecule has 0 aromatic heterocycles. The maximum atomic E-state index is 13.5. The second-order valence-corrected chi connectivity index (χ2v) is 3.48. The average Bonchev–Trinajstić information content (AvgIpc) is 2.27. The van der Waals surface area contributed by atoms with Crippen molar-refractivity contribution in [1.82, 2.24) is 0 Å². The van der Waals surface area contributed by atoms with Gasteiger partial charge in [0.15, 0.2) is 23.5 Å². The van der Waals surface area contributed by atoms with Gasteiger partial charge in [0.2, 0.25) is 0 Å². The number of esters is 1. The molecule has 1 unspecified atom stereocenters. The summed E-state index contributed by atoms with van der Waals surface area (Å²) in [5.41, 5.74) is -0.937. The highest BCUT2D eigenvalue weighted by molar-refractivity contribution is 6.30. The van der Waals surface area contributed by atoms with E-state index in [0.29, 0.717) is 6.07 Å². The minimum absolute atomic E-state index is 0.0542. The van der Waals surface area contributed by atoms with Crippen molar-refractivity contribution < 1.29 is 28.5 Å². The zero-order chi connectivity index (χ0) is 13.2. The normalized spacial score (nSPS) is 12.3. The fourth-order valence-electron chi connectivity index (χ4n) is 1.19. The molecule has 1 aromatic carbocycles. The van der Waals surface area contributed by atoms with Crippen molar-refractivity contribution in [3.8, 4) is 5.75 Å². The lowest BCUT2D eigenvalue weighted by Crippen LogP contribution is -2.17. The summed E-state index contributed by atoms with van der Waals surface area (Å²) in [6.07, 6.45) is -2.14. The molecule has 1 aromatic rings. The summed E-state index contributed by atoms with van der Waals surface area (Å²) in [5.74, 6) is -4.89. The molecule has 0 aliphatic heterocycles. The molecule has 0 fully saturated rings. The predicted molar refractivity (Wildman–Crippen MR) is 54.6 cm³/mol. The smallest absolute Gasteiger partial charge is 0.339 e. The van der Waals surface area contributed by atoms with Gasteiger partial charge in [-0.2, -0.15) is 0 Å². The molecule has 2 N–H and O–H groups in total. The third-order valence-corrected chi connectivity index (χ3v) is 2.24. The number of phenolic OH excluding ortho intramolecular Hbond substituents is 1. The van der Waals surface area contributed by atoms with Crippen LogP contribution in [0.3, 0.4) is 0 Å².